The van der Waals surface area contributed by atoms with Crippen molar-refractivity contribution in [3.8, 4) is 0 Å². The molecule has 4 nitrogen and oxygen atoms in total. The maximum Gasteiger partial charge on any atom is 0.268 e. The van der Waals surface area contributed by atoms with E-state index in [4.69, 9.17) is 0 Å². The van der Waals surface area contributed by atoms with Gasteiger partial charge in [0.2, 0.25) is 5.91 Å². The third-order valence-corrected chi connectivity index (χ3v) is 2.96. The Morgan fingerprint density at radius 2 is 1.55 bits per heavy atom. The lowest BCUT2D eigenvalue weighted by Gasteiger charge is -2.10. The normalized spacial score (nSPS) is 10.9. The largest absolute Gasteiger partial charge is 0.347 e. The van der Waals surface area contributed by atoms with Crippen molar-refractivity contribution >= 4 is 17.9 Å². The molecule has 0 aromatic heterocycles. The highest BCUT2D eigenvalue weighted by atomic mass is 16.2. The predicted octanol–water partition coefficient (Wildman–Crippen LogP) is 2.48. The van der Waals surface area contributed by atoms with Crippen LogP contribution in [-0.4, -0.2) is 11.8 Å². The second-order valence-electron chi connectivity index (χ2n) is 4.82. The molecule has 2 amide bonds. The topological polar surface area (TPSA) is 58.2 Å². The SMILES string of the molecule is CC(=O)N/C(=C/c1ccccc1)C(=O)NCc1ccccc1. The van der Waals surface area contributed by atoms with Crippen LogP contribution in [0.1, 0.15) is 18.1 Å². The van der Waals surface area contributed by atoms with Gasteiger partial charge in [-0.25, -0.2) is 0 Å². The Hall–Kier alpha value is -2.88. The fourth-order valence-corrected chi connectivity index (χ4v) is 1.94. The summed E-state index contributed by atoms with van der Waals surface area (Å²) in [5, 5.41) is 5.38. The summed E-state index contributed by atoms with van der Waals surface area (Å²) in [6.07, 6.45) is 1.65. The van der Waals surface area contributed by atoms with Crippen molar-refractivity contribution in [2.45, 2.75) is 13.5 Å². The highest BCUT2D eigenvalue weighted by molar-refractivity contribution is 6.00. The van der Waals surface area contributed by atoms with Crippen molar-refractivity contribution in [1.29, 1.82) is 0 Å². The van der Waals surface area contributed by atoms with Gasteiger partial charge in [0.1, 0.15) is 5.70 Å². The molecule has 0 heterocycles. The average molecular weight is 294 g/mol. The maximum atomic E-state index is 12.3. The molecule has 2 rings (SSSR count). The number of nitrogens with one attached hydrogen (secondary N) is 2. The van der Waals surface area contributed by atoms with E-state index < -0.39 is 0 Å². The summed E-state index contributed by atoms with van der Waals surface area (Å²) in [6, 6.07) is 19.0. The molecule has 0 saturated heterocycles. The number of carbonyl (C=O) groups is 2. The standard InChI is InChI=1S/C18H18N2O2/c1-14(21)20-17(12-15-8-4-2-5-9-15)18(22)19-13-16-10-6-3-7-11-16/h2-12H,13H2,1H3,(H,19,22)(H,20,21)/b17-12+. The minimum absolute atomic E-state index is 0.231. The Labute approximate surface area is 129 Å². The first-order valence-corrected chi connectivity index (χ1v) is 7.01. The van der Waals surface area contributed by atoms with Crippen molar-refractivity contribution in [1.82, 2.24) is 10.6 Å². The minimum Gasteiger partial charge on any atom is -0.347 e. The van der Waals surface area contributed by atoms with Crippen LogP contribution in [0.25, 0.3) is 6.08 Å². The first kappa shape index (κ1) is 15.5. The van der Waals surface area contributed by atoms with E-state index in [0.717, 1.165) is 11.1 Å². The second-order valence-corrected chi connectivity index (χ2v) is 4.82. The van der Waals surface area contributed by atoms with E-state index in [0.29, 0.717) is 6.54 Å². The van der Waals surface area contributed by atoms with Crippen LogP contribution in [0.5, 0.6) is 0 Å². The molecule has 22 heavy (non-hydrogen) atoms. The van der Waals surface area contributed by atoms with Gasteiger partial charge in [0.25, 0.3) is 5.91 Å². The molecule has 4 heteroatoms. The number of rotatable bonds is 5. The van der Waals surface area contributed by atoms with Crippen LogP contribution >= 0.6 is 0 Å². The first-order valence-electron chi connectivity index (χ1n) is 7.01. The van der Waals surface area contributed by atoms with Crippen molar-refractivity contribution in [3.63, 3.8) is 0 Å². The fraction of sp³-hybridized carbons (Fsp3) is 0.111. The monoisotopic (exact) mass is 294 g/mol. The zero-order valence-corrected chi connectivity index (χ0v) is 12.4. The summed E-state index contributed by atoms with van der Waals surface area (Å²) >= 11 is 0. The van der Waals surface area contributed by atoms with Crippen LogP contribution < -0.4 is 10.6 Å². The van der Waals surface area contributed by atoms with Gasteiger partial charge in [-0.3, -0.25) is 9.59 Å². The van der Waals surface area contributed by atoms with Crippen LogP contribution in [0.15, 0.2) is 66.4 Å². The molecule has 0 unspecified atom stereocenters. The van der Waals surface area contributed by atoms with Gasteiger partial charge in [-0.15, -0.1) is 0 Å². The van der Waals surface area contributed by atoms with E-state index in [2.05, 4.69) is 10.6 Å². The van der Waals surface area contributed by atoms with Crippen LogP contribution in [0.2, 0.25) is 0 Å². The van der Waals surface area contributed by atoms with Crippen LogP contribution in [0, 0.1) is 0 Å². The Morgan fingerprint density at radius 1 is 0.955 bits per heavy atom. The highest BCUT2D eigenvalue weighted by Crippen LogP contribution is 2.06. The lowest BCUT2D eigenvalue weighted by molar-refractivity contribution is -0.122. The van der Waals surface area contributed by atoms with Crippen molar-refractivity contribution < 1.29 is 9.59 Å². The number of benzene rings is 2. The summed E-state index contributed by atoms with van der Waals surface area (Å²) < 4.78 is 0. The molecule has 0 bridgehead atoms. The lowest BCUT2D eigenvalue weighted by Crippen LogP contribution is -2.33. The van der Waals surface area contributed by atoms with E-state index in [1.54, 1.807) is 6.08 Å². The Bertz CT molecular complexity index is 664. The molecule has 0 fully saturated rings. The quantitative estimate of drug-likeness (QED) is 0.832. The molecule has 0 aliphatic rings. The Kier molecular flexibility index (Phi) is 5.49. The zero-order chi connectivity index (χ0) is 15.8. The molecule has 2 aromatic rings. The van der Waals surface area contributed by atoms with Gasteiger partial charge in [-0.2, -0.15) is 0 Å². The van der Waals surface area contributed by atoms with Gasteiger partial charge in [0, 0.05) is 13.5 Å². The van der Waals surface area contributed by atoms with Gasteiger partial charge in [0.05, 0.1) is 0 Å². The number of carbonyl (C=O) groups excluding carboxylic acids is 2. The van der Waals surface area contributed by atoms with Gasteiger partial charge in [-0.05, 0) is 17.2 Å². The number of hydrogen-bond donors (Lipinski definition) is 2. The highest BCUT2D eigenvalue weighted by Gasteiger charge is 2.10. The Balaban J connectivity index is 2.09. The molecular weight excluding hydrogens is 276 g/mol. The second kappa shape index (κ2) is 7.78. The predicted molar refractivity (Wildman–Crippen MR) is 86.5 cm³/mol. The Morgan fingerprint density at radius 3 is 2.14 bits per heavy atom. The summed E-state index contributed by atoms with van der Waals surface area (Å²) in [4.78, 5) is 23.6. The smallest absolute Gasteiger partial charge is 0.268 e. The summed E-state index contributed by atoms with van der Waals surface area (Å²) in [5.74, 6) is -0.597. The van der Waals surface area contributed by atoms with E-state index in [1.165, 1.54) is 6.92 Å². The van der Waals surface area contributed by atoms with E-state index in [-0.39, 0.29) is 17.5 Å². The van der Waals surface area contributed by atoms with E-state index in [1.807, 2.05) is 60.7 Å². The molecule has 2 aromatic carbocycles. The van der Waals surface area contributed by atoms with Gasteiger partial charge >= 0.3 is 0 Å². The van der Waals surface area contributed by atoms with Crippen LogP contribution in [-0.2, 0) is 16.1 Å². The van der Waals surface area contributed by atoms with Crippen molar-refractivity contribution in [2.75, 3.05) is 0 Å². The summed E-state index contributed by atoms with van der Waals surface area (Å²) in [6.45, 7) is 1.79. The summed E-state index contributed by atoms with van der Waals surface area (Å²) in [7, 11) is 0. The molecule has 0 aliphatic heterocycles. The molecule has 0 radical (unpaired) electrons. The zero-order valence-electron chi connectivity index (χ0n) is 12.4. The summed E-state index contributed by atoms with van der Waals surface area (Å²) in [5.41, 5.74) is 2.08. The molecule has 0 saturated carbocycles. The van der Waals surface area contributed by atoms with Gasteiger partial charge < -0.3 is 10.6 Å². The molecule has 2 N–H and O–H groups in total. The average Bonchev–Trinajstić information content (AvgIpc) is 2.53. The minimum atomic E-state index is -0.317. The third-order valence-electron chi connectivity index (χ3n) is 2.96. The van der Waals surface area contributed by atoms with Crippen molar-refractivity contribution in [2.24, 2.45) is 0 Å². The molecule has 112 valence electrons. The fourth-order valence-electron chi connectivity index (χ4n) is 1.94. The van der Waals surface area contributed by atoms with Gasteiger partial charge in [0.15, 0.2) is 0 Å². The molecular formula is C18H18N2O2. The van der Waals surface area contributed by atoms with E-state index >= 15 is 0 Å². The van der Waals surface area contributed by atoms with Gasteiger partial charge in [-0.1, -0.05) is 60.7 Å². The van der Waals surface area contributed by atoms with E-state index in [9.17, 15) is 9.59 Å². The van der Waals surface area contributed by atoms with Crippen LogP contribution in [0.4, 0.5) is 0 Å². The molecule has 0 atom stereocenters. The first-order chi connectivity index (χ1) is 10.6. The number of amides is 2. The molecule has 0 aliphatic carbocycles. The maximum absolute atomic E-state index is 12.3. The van der Waals surface area contributed by atoms with Crippen molar-refractivity contribution in [3.05, 3.63) is 77.5 Å². The molecule has 0 spiro atoms. The third kappa shape index (κ3) is 4.90. The lowest BCUT2D eigenvalue weighted by atomic mass is 10.2. The van der Waals surface area contributed by atoms with Crippen LogP contribution in [0.3, 0.4) is 0 Å². The number of hydrogen-bond acceptors (Lipinski definition) is 2.